The molecule has 0 unspecified atom stereocenters. The number of carbonyl (C=O) groups excluding carboxylic acids is 1. The third-order valence-corrected chi connectivity index (χ3v) is 4.99. The van der Waals surface area contributed by atoms with Gasteiger partial charge in [0.15, 0.2) is 11.5 Å². The van der Waals surface area contributed by atoms with Gasteiger partial charge in [-0.1, -0.05) is 18.2 Å². The number of imidazole rings is 1. The van der Waals surface area contributed by atoms with Gasteiger partial charge in [0.1, 0.15) is 19.8 Å². The SMILES string of the molecule is CCn1c(=O)n(CC(=O)N(C)Cc2ccc3c(c2)OCCO3)c2ccccc21. The topological polar surface area (TPSA) is 65.7 Å². The molecule has 3 aromatic rings. The molecule has 0 radical (unpaired) electrons. The van der Waals surface area contributed by atoms with Crippen molar-refractivity contribution in [1.29, 1.82) is 0 Å². The Kier molecular flexibility index (Phi) is 4.81. The molecule has 1 aromatic heterocycles. The Morgan fingerprint density at radius 3 is 2.43 bits per heavy atom. The van der Waals surface area contributed by atoms with Crippen LogP contribution in [-0.4, -0.2) is 40.2 Å². The third kappa shape index (κ3) is 3.24. The minimum absolute atomic E-state index is 0.00734. The normalized spacial score (nSPS) is 12.9. The van der Waals surface area contributed by atoms with Gasteiger partial charge in [-0.3, -0.25) is 13.9 Å². The van der Waals surface area contributed by atoms with E-state index in [0.29, 0.717) is 32.1 Å². The number of likely N-dealkylation sites (N-methyl/N-ethyl adjacent to an activating group) is 1. The smallest absolute Gasteiger partial charge is 0.329 e. The number of aromatic nitrogens is 2. The first kappa shape index (κ1) is 18.2. The van der Waals surface area contributed by atoms with E-state index in [0.717, 1.165) is 22.3 Å². The average molecular weight is 381 g/mol. The molecule has 1 amide bonds. The summed E-state index contributed by atoms with van der Waals surface area (Å²) in [5, 5.41) is 0. The molecule has 28 heavy (non-hydrogen) atoms. The summed E-state index contributed by atoms with van der Waals surface area (Å²) >= 11 is 0. The second kappa shape index (κ2) is 7.42. The van der Waals surface area contributed by atoms with Crippen LogP contribution >= 0.6 is 0 Å². The summed E-state index contributed by atoms with van der Waals surface area (Å²) in [5.74, 6) is 1.30. The molecular weight excluding hydrogens is 358 g/mol. The molecule has 2 aromatic carbocycles. The summed E-state index contributed by atoms with van der Waals surface area (Å²) in [7, 11) is 1.74. The summed E-state index contributed by atoms with van der Waals surface area (Å²) in [6.07, 6.45) is 0. The van der Waals surface area contributed by atoms with E-state index in [2.05, 4.69) is 0 Å². The van der Waals surface area contributed by atoms with Gasteiger partial charge in [0.25, 0.3) is 0 Å². The quantitative estimate of drug-likeness (QED) is 0.680. The minimum Gasteiger partial charge on any atom is -0.486 e. The second-order valence-corrected chi connectivity index (χ2v) is 6.83. The first-order valence-electron chi connectivity index (χ1n) is 9.39. The Bertz CT molecular complexity index is 1080. The highest BCUT2D eigenvalue weighted by Gasteiger charge is 2.18. The number of benzene rings is 2. The van der Waals surface area contributed by atoms with Crippen molar-refractivity contribution in [2.45, 2.75) is 26.6 Å². The number of rotatable bonds is 5. The van der Waals surface area contributed by atoms with Crippen molar-refractivity contribution in [3.8, 4) is 11.5 Å². The lowest BCUT2D eigenvalue weighted by molar-refractivity contribution is -0.131. The van der Waals surface area contributed by atoms with Crippen LogP contribution in [0.4, 0.5) is 0 Å². The highest BCUT2D eigenvalue weighted by molar-refractivity contribution is 5.81. The van der Waals surface area contributed by atoms with Crippen molar-refractivity contribution in [2.75, 3.05) is 20.3 Å². The van der Waals surface area contributed by atoms with E-state index in [-0.39, 0.29) is 18.1 Å². The zero-order valence-corrected chi connectivity index (χ0v) is 16.1. The first-order valence-corrected chi connectivity index (χ1v) is 9.39. The molecule has 1 aliphatic rings. The fraction of sp³-hybridized carbons (Fsp3) is 0.333. The van der Waals surface area contributed by atoms with E-state index in [9.17, 15) is 9.59 Å². The lowest BCUT2D eigenvalue weighted by atomic mass is 10.2. The van der Waals surface area contributed by atoms with Crippen LogP contribution in [0.15, 0.2) is 47.3 Å². The van der Waals surface area contributed by atoms with Gasteiger partial charge in [0.2, 0.25) is 5.91 Å². The number of ether oxygens (including phenoxy) is 2. The Hall–Kier alpha value is -3.22. The van der Waals surface area contributed by atoms with Gasteiger partial charge in [0.05, 0.1) is 11.0 Å². The number of fused-ring (bicyclic) bond motifs is 2. The number of hydrogen-bond donors (Lipinski definition) is 0. The molecule has 1 aliphatic heterocycles. The van der Waals surface area contributed by atoms with Crippen LogP contribution in [0.1, 0.15) is 12.5 Å². The lowest BCUT2D eigenvalue weighted by Gasteiger charge is -2.21. The van der Waals surface area contributed by atoms with Crippen LogP contribution in [0.3, 0.4) is 0 Å². The Labute approximate surface area is 162 Å². The van der Waals surface area contributed by atoms with Crippen LogP contribution in [0.2, 0.25) is 0 Å². The van der Waals surface area contributed by atoms with Crippen LogP contribution < -0.4 is 15.2 Å². The predicted molar refractivity (Wildman–Crippen MR) is 106 cm³/mol. The molecule has 0 saturated heterocycles. The van der Waals surface area contributed by atoms with Crippen LogP contribution in [0.5, 0.6) is 11.5 Å². The van der Waals surface area contributed by atoms with Crippen molar-refractivity contribution < 1.29 is 14.3 Å². The fourth-order valence-electron chi connectivity index (χ4n) is 3.53. The molecule has 0 spiro atoms. The van der Waals surface area contributed by atoms with Gasteiger partial charge in [-0.15, -0.1) is 0 Å². The van der Waals surface area contributed by atoms with Crippen molar-refractivity contribution in [3.05, 3.63) is 58.5 Å². The highest BCUT2D eigenvalue weighted by Crippen LogP contribution is 2.31. The van der Waals surface area contributed by atoms with Gasteiger partial charge in [0, 0.05) is 20.1 Å². The minimum atomic E-state index is -0.162. The molecule has 0 atom stereocenters. The maximum atomic E-state index is 12.8. The summed E-state index contributed by atoms with van der Waals surface area (Å²) in [6, 6.07) is 13.2. The largest absolute Gasteiger partial charge is 0.486 e. The second-order valence-electron chi connectivity index (χ2n) is 6.83. The monoisotopic (exact) mass is 381 g/mol. The molecule has 0 N–H and O–H groups in total. The summed E-state index contributed by atoms with van der Waals surface area (Å²) in [5.41, 5.74) is 2.40. The zero-order valence-electron chi connectivity index (χ0n) is 16.1. The summed E-state index contributed by atoms with van der Waals surface area (Å²) in [6.45, 7) is 3.99. The molecule has 0 fully saturated rings. The molecule has 146 valence electrons. The standard InChI is InChI=1S/C21H23N3O4/c1-3-23-16-6-4-5-7-17(16)24(21(23)26)14-20(25)22(2)13-15-8-9-18-19(12-15)28-11-10-27-18/h4-9,12H,3,10-11,13-14H2,1-2H3. The first-order chi connectivity index (χ1) is 13.6. The van der Waals surface area contributed by atoms with Crippen LogP contribution in [0.25, 0.3) is 11.0 Å². The lowest BCUT2D eigenvalue weighted by Crippen LogP contribution is -2.34. The fourth-order valence-corrected chi connectivity index (χ4v) is 3.53. The molecule has 4 rings (SSSR count). The van der Waals surface area contributed by atoms with Gasteiger partial charge in [-0.05, 0) is 36.8 Å². The summed E-state index contributed by atoms with van der Waals surface area (Å²) < 4.78 is 14.4. The molecular formula is C21H23N3O4. The van der Waals surface area contributed by atoms with E-state index in [1.165, 1.54) is 0 Å². The maximum absolute atomic E-state index is 12.8. The van der Waals surface area contributed by atoms with Crippen molar-refractivity contribution >= 4 is 16.9 Å². The van der Waals surface area contributed by atoms with Gasteiger partial charge >= 0.3 is 5.69 Å². The number of para-hydroxylation sites is 2. The Morgan fingerprint density at radius 1 is 1.04 bits per heavy atom. The molecule has 0 aliphatic carbocycles. The van der Waals surface area contributed by atoms with Crippen molar-refractivity contribution in [3.63, 3.8) is 0 Å². The van der Waals surface area contributed by atoms with E-state index in [4.69, 9.17) is 9.47 Å². The number of nitrogens with zero attached hydrogens (tertiary/aromatic N) is 3. The molecule has 7 nitrogen and oxygen atoms in total. The number of carbonyl (C=O) groups is 1. The van der Waals surface area contributed by atoms with E-state index in [1.54, 1.807) is 21.1 Å². The van der Waals surface area contributed by atoms with Gasteiger partial charge < -0.3 is 14.4 Å². The Morgan fingerprint density at radius 2 is 1.71 bits per heavy atom. The van der Waals surface area contributed by atoms with Crippen LogP contribution in [0, 0.1) is 0 Å². The Balaban J connectivity index is 1.53. The molecule has 2 heterocycles. The average Bonchev–Trinajstić information content (AvgIpc) is 2.98. The van der Waals surface area contributed by atoms with E-state index >= 15 is 0 Å². The highest BCUT2D eigenvalue weighted by atomic mass is 16.6. The maximum Gasteiger partial charge on any atom is 0.329 e. The van der Waals surface area contributed by atoms with Crippen LogP contribution in [-0.2, 0) is 24.4 Å². The molecule has 7 heteroatoms. The predicted octanol–water partition coefficient (Wildman–Crippen LogP) is 2.25. The summed E-state index contributed by atoms with van der Waals surface area (Å²) in [4.78, 5) is 27.1. The van der Waals surface area contributed by atoms with E-state index < -0.39 is 0 Å². The van der Waals surface area contributed by atoms with Gasteiger partial charge in [-0.2, -0.15) is 0 Å². The number of amides is 1. The zero-order chi connectivity index (χ0) is 19.7. The molecule has 0 bridgehead atoms. The number of aryl methyl sites for hydroxylation is 1. The van der Waals surface area contributed by atoms with E-state index in [1.807, 2.05) is 49.4 Å². The number of hydrogen-bond acceptors (Lipinski definition) is 4. The van der Waals surface area contributed by atoms with Gasteiger partial charge in [-0.25, -0.2) is 4.79 Å². The third-order valence-electron chi connectivity index (χ3n) is 4.99. The molecule has 0 saturated carbocycles. The van der Waals surface area contributed by atoms with Crippen molar-refractivity contribution in [2.24, 2.45) is 0 Å². The van der Waals surface area contributed by atoms with Crippen molar-refractivity contribution in [1.82, 2.24) is 14.0 Å².